The molecule has 0 unspecified atom stereocenters. The summed E-state index contributed by atoms with van der Waals surface area (Å²) in [7, 11) is 0. The number of carbonyl (C=O) groups is 1. The molecule has 19 heavy (non-hydrogen) atoms. The standard InChI is InChI=1S/C16H22N2O/c1-12-8-13(6-5-7-17)10-14(9-12)18-15(19)11-16(2,3)4/h8-10H,7,11,17H2,1-4H3,(H,18,19). The number of hydrogen-bond acceptors (Lipinski definition) is 2. The van der Waals surface area contributed by atoms with Crippen molar-refractivity contribution in [2.45, 2.75) is 34.1 Å². The Labute approximate surface area is 115 Å². The Kier molecular flexibility index (Phi) is 5.14. The summed E-state index contributed by atoms with van der Waals surface area (Å²) in [5.41, 5.74) is 8.07. The first-order valence-electron chi connectivity index (χ1n) is 6.41. The highest BCUT2D eigenvalue weighted by molar-refractivity contribution is 5.91. The zero-order chi connectivity index (χ0) is 14.5. The lowest BCUT2D eigenvalue weighted by molar-refractivity contribution is -0.117. The van der Waals surface area contributed by atoms with E-state index in [0.29, 0.717) is 13.0 Å². The molecule has 3 nitrogen and oxygen atoms in total. The van der Waals surface area contributed by atoms with E-state index < -0.39 is 0 Å². The van der Waals surface area contributed by atoms with Gasteiger partial charge in [0.2, 0.25) is 5.91 Å². The quantitative estimate of drug-likeness (QED) is 0.801. The van der Waals surface area contributed by atoms with Crippen molar-refractivity contribution in [2.75, 3.05) is 11.9 Å². The van der Waals surface area contributed by atoms with Crippen LogP contribution in [0.4, 0.5) is 5.69 Å². The summed E-state index contributed by atoms with van der Waals surface area (Å²) < 4.78 is 0. The third-order valence-electron chi connectivity index (χ3n) is 2.39. The first-order chi connectivity index (χ1) is 8.80. The maximum Gasteiger partial charge on any atom is 0.224 e. The van der Waals surface area contributed by atoms with Gasteiger partial charge in [0.25, 0.3) is 0 Å². The second kappa shape index (κ2) is 6.40. The molecule has 0 heterocycles. The van der Waals surface area contributed by atoms with Crippen LogP contribution in [-0.4, -0.2) is 12.5 Å². The highest BCUT2D eigenvalue weighted by Crippen LogP contribution is 2.20. The van der Waals surface area contributed by atoms with Crippen molar-refractivity contribution in [1.29, 1.82) is 0 Å². The smallest absolute Gasteiger partial charge is 0.224 e. The van der Waals surface area contributed by atoms with Gasteiger partial charge in [-0.1, -0.05) is 32.6 Å². The van der Waals surface area contributed by atoms with Crippen LogP contribution in [0, 0.1) is 24.2 Å². The molecule has 0 saturated heterocycles. The van der Waals surface area contributed by atoms with E-state index in [9.17, 15) is 4.79 Å². The Morgan fingerprint density at radius 1 is 1.32 bits per heavy atom. The Bertz CT molecular complexity index is 516. The molecule has 1 amide bonds. The Hall–Kier alpha value is -1.79. The van der Waals surface area contributed by atoms with E-state index in [1.807, 2.05) is 45.9 Å². The minimum Gasteiger partial charge on any atom is -0.326 e. The fraction of sp³-hybridized carbons (Fsp3) is 0.438. The fourth-order valence-corrected chi connectivity index (χ4v) is 1.77. The lowest BCUT2D eigenvalue weighted by Crippen LogP contribution is -2.19. The van der Waals surface area contributed by atoms with Gasteiger partial charge in [0.1, 0.15) is 0 Å². The number of aryl methyl sites for hydroxylation is 1. The van der Waals surface area contributed by atoms with Gasteiger partial charge in [-0.05, 0) is 36.1 Å². The van der Waals surface area contributed by atoms with Gasteiger partial charge in [0, 0.05) is 17.7 Å². The minimum absolute atomic E-state index is 0.0178. The number of amides is 1. The molecule has 0 bridgehead atoms. The van der Waals surface area contributed by atoms with Crippen LogP contribution in [0.5, 0.6) is 0 Å². The predicted molar refractivity (Wildman–Crippen MR) is 79.8 cm³/mol. The van der Waals surface area contributed by atoms with Crippen molar-refractivity contribution < 1.29 is 4.79 Å². The van der Waals surface area contributed by atoms with Gasteiger partial charge in [-0.3, -0.25) is 4.79 Å². The third-order valence-corrected chi connectivity index (χ3v) is 2.39. The van der Waals surface area contributed by atoms with Gasteiger partial charge in [-0.15, -0.1) is 0 Å². The van der Waals surface area contributed by atoms with Crippen LogP contribution < -0.4 is 11.1 Å². The van der Waals surface area contributed by atoms with E-state index in [2.05, 4.69) is 17.2 Å². The third kappa shape index (κ3) is 6.08. The average Bonchev–Trinajstić information content (AvgIpc) is 2.22. The van der Waals surface area contributed by atoms with Crippen LogP contribution >= 0.6 is 0 Å². The molecule has 0 aliphatic carbocycles. The molecule has 0 fully saturated rings. The van der Waals surface area contributed by atoms with E-state index >= 15 is 0 Å². The second-order valence-corrected chi connectivity index (χ2v) is 5.88. The van der Waals surface area contributed by atoms with Crippen molar-refractivity contribution in [1.82, 2.24) is 0 Å². The normalized spacial score (nSPS) is 10.6. The molecule has 3 N–H and O–H groups in total. The molecular weight excluding hydrogens is 236 g/mol. The molecular formula is C16H22N2O. The Morgan fingerprint density at radius 2 is 2.00 bits per heavy atom. The van der Waals surface area contributed by atoms with Gasteiger partial charge < -0.3 is 11.1 Å². The first kappa shape index (κ1) is 15.3. The molecule has 102 valence electrons. The van der Waals surface area contributed by atoms with E-state index in [1.165, 1.54) is 0 Å². The molecule has 0 aliphatic heterocycles. The summed E-state index contributed by atoms with van der Waals surface area (Å²) in [6.07, 6.45) is 0.491. The Morgan fingerprint density at radius 3 is 2.58 bits per heavy atom. The molecule has 3 heteroatoms. The number of benzene rings is 1. The number of rotatable bonds is 2. The van der Waals surface area contributed by atoms with E-state index in [4.69, 9.17) is 5.73 Å². The molecule has 1 aromatic carbocycles. The number of anilines is 1. The van der Waals surface area contributed by atoms with E-state index in [1.54, 1.807) is 0 Å². The number of hydrogen-bond donors (Lipinski definition) is 2. The summed E-state index contributed by atoms with van der Waals surface area (Å²) in [6, 6.07) is 5.78. The van der Waals surface area contributed by atoms with Crippen molar-refractivity contribution in [3.8, 4) is 11.8 Å². The highest BCUT2D eigenvalue weighted by Gasteiger charge is 2.16. The molecule has 0 atom stereocenters. The van der Waals surface area contributed by atoms with Crippen molar-refractivity contribution >= 4 is 11.6 Å². The summed E-state index contributed by atoms with van der Waals surface area (Å²) in [4.78, 5) is 11.9. The average molecular weight is 258 g/mol. The maximum absolute atomic E-state index is 11.9. The summed E-state index contributed by atoms with van der Waals surface area (Å²) in [5, 5.41) is 2.92. The van der Waals surface area contributed by atoms with Crippen LogP contribution in [0.15, 0.2) is 18.2 Å². The van der Waals surface area contributed by atoms with Crippen molar-refractivity contribution in [2.24, 2.45) is 11.1 Å². The number of carbonyl (C=O) groups excluding carboxylic acids is 1. The lowest BCUT2D eigenvalue weighted by atomic mass is 9.92. The highest BCUT2D eigenvalue weighted by atomic mass is 16.1. The maximum atomic E-state index is 11.9. The van der Waals surface area contributed by atoms with E-state index in [0.717, 1.165) is 16.8 Å². The summed E-state index contributed by atoms with van der Waals surface area (Å²) in [6.45, 7) is 8.44. The minimum atomic E-state index is -0.0178. The van der Waals surface area contributed by atoms with Gasteiger partial charge in [-0.2, -0.15) is 0 Å². The lowest BCUT2D eigenvalue weighted by Gasteiger charge is -2.17. The van der Waals surface area contributed by atoms with Gasteiger partial charge >= 0.3 is 0 Å². The van der Waals surface area contributed by atoms with E-state index in [-0.39, 0.29) is 11.3 Å². The molecule has 1 aromatic rings. The summed E-state index contributed by atoms with van der Waals surface area (Å²) >= 11 is 0. The first-order valence-corrected chi connectivity index (χ1v) is 6.41. The largest absolute Gasteiger partial charge is 0.326 e. The fourth-order valence-electron chi connectivity index (χ4n) is 1.77. The molecule has 0 aromatic heterocycles. The monoisotopic (exact) mass is 258 g/mol. The van der Waals surface area contributed by atoms with Crippen LogP contribution in [0.25, 0.3) is 0 Å². The topological polar surface area (TPSA) is 55.1 Å². The van der Waals surface area contributed by atoms with Crippen LogP contribution in [-0.2, 0) is 4.79 Å². The van der Waals surface area contributed by atoms with Crippen LogP contribution in [0.2, 0.25) is 0 Å². The SMILES string of the molecule is Cc1cc(C#CCN)cc(NC(=O)CC(C)(C)C)c1. The molecule has 0 aliphatic rings. The molecule has 0 saturated carbocycles. The molecule has 0 spiro atoms. The van der Waals surface area contributed by atoms with Gasteiger partial charge in [0.15, 0.2) is 0 Å². The Balaban J connectivity index is 2.84. The van der Waals surface area contributed by atoms with Crippen molar-refractivity contribution in [3.63, 3.8) is 0 Å². The zero-order valence-corrected chi connectivity index (χ0v) is 12.1. The van der Waals surface area contributed by atoms with Gasteiger partial charge in [-0.25, -0.2) is 0 Å². The van der Waals surface area contributed by atoms with Gasteiger partial charge in [0.05, 0.1) is 6.54 Å². The number of nitrogens with two attached hydrogens (primary N) is 1. The van der Waals surface area contributed by atoms with Crippen LogP contribution in [0.3, 0.4) is 0 Å². The summed E-state index contributed by atoms with van der Waals surface area (Å²) in [5.74, 6) is 5.82. The number of nitrogens with one attached hydrogen (secondary N) is 1. The van der Waals surface area contributed by atoms with Crippen LogP contribution in [0.1, 0.15) is 38.3 Å². The molecule has 0 radical (unpaired) electrons. The molecule has 1 rings (SSSR count). The predicted octanol–water partition coefficient (Wildman–Crippen LogP) is 2.68. The zero-order valence-electron chi connectivity index (χ0n) is 12.1. The second-order valence-electron chi connectivity index (χ2n) is 5.88. The van der Waals surface area contributed by atoms with Crippen molar-refractivity contribution in [3.05, 3.63) is 29.3 Å².